The van der Waals surface area contributed by atoms with Crippen LogP contribution in [0.3, 0.4) is 0 Å². The van der Waals surface area contributed by atoms with Gasteiger partial charge in [-0.1, -0.05) is 13.0 Å². The second-order valence-corrected chi connectivity index (χ2v) is 6.63. The fourth-order valence-corrected chi connectivity index (χ4v) is 3.59. The van der Waals surface area contributed by atoms with E-state index in [1.807, 2.05) is 6.92 Å². The number of rotatable bonds is 4. The van der Waals surface area contributed by atoms with Crippen LogP contribution in [0, 0.1) is 0 Å². The van der Waals surface area contributed by atoms with Gasteiger partial charge in [0.2, 0.25) is 0 Å². The van der Waals surface area contributed by atoms with Crippen molar-refractivity contribution in [2.24, 2.45) is 5.73 Å². The van der Waals surface area contributed by atoms with Gasteiger partial charge in [-0.2, -0.15) is 0 Å². The molecule has 0 spiro atoms. The van der Waals surface area contributed by atoms with E-state index in [9.17, 15) is 0 Å². The molecular weight excluding hydrogens is 314 g/mol. The highest BCUT2D eigenvalue weighted by molar-refractivity contribution is 9.10. The number of anilines is 1. The van der Waals surface area contributed by atoms with Crippen molar-refractivity contribution in [2.45, 2.75) is 38.8 Å². The van der Waals surface area contributed by atoms with Crippen LogP contribution < -0.4 is 10.6 Å². The van der Waals surface area contributed by atoms with Crippen LogP contribution in [0.4, 0.5) is 5.69 Å². The van der Waals surface area contributed by atoms with Crippen molar-refractivity contribution in [3.8, 4) is 0 Å². The summed E-state index contributed by atoms with van der Waals surface area (Å²) in [7, 11) is 2.21. The Bertz CT molecular complexity index is 439. The van der Waals surface area contributed by atoms with Gasteiger partial charge in [0.05, 0.1) is 5.69 Å². The predicted molar refractivity (Wildman–Crippen MR) is 90.3 cm³/mol. The van der Waals surface area contributed by atoms with Gasteiger partial charge in [-0.25, -0.2) is 0 Å². The topological polar surface area (TPSA) is 32.5 Å². The van der Waals surface area contributed by atoms with Crippen LogP contribution in [0.15, 0.2) is 22.7 Å². The Labute approximate surface area is 131 Å². The number of benzene rings is 1. The molecule has 1 aliphatic heterocycles. The molecule has 0 saturated carbocycles. The van der Waals surface area contributed by atoms with E-state index in [1.165, 1.54) is 43.7 Å². The molecule has 2 N–H and O–H groups in total. The summed E-state index contributed by atoms with van der Waals surface area (Å²) < 4.78 is 1.15. The van der Waals surface area contributed by atoms with Gasteiger partial charge in [-0.05, 0) is 59.9 Å². The molecular formula is C16H26BrN3. The molecule has 0 aliphatic carbocycles. The van der Waals surface area contributed by atoms with Gasteiger partial charge in [0.1, 0.15) is 0 Å². The van der Waals surface area contributed by atoms with E-state index in [-0.39, 0.29) is 6.04 Å². The van der Waals surface area contributed by atoms with E-state index < -0.39 is 0 Å². The highest BCUT2D eigenvalue weighted by Crippen LogP contribution is 2.31. The van der Waals surface area contributed by atoms with Crippen molar-refractivity contribution < 1.29 is 0 Å². The normalized spacial score (nSPS) is 19.1. The van der Waals surface area contributed by atoms with Crippen molar-refractivity contribution in [3.05, 3.63) is 28.2 Å². The minimum atomic E-state index is 0.0819. The predicted octanol–water partition coefficient (Wildman–Crippen LogP) is 3.39. The molecule has 0 unspecified atom stereocenters. The van der Waals surface area contributed by atoms with E-state index in [0.29, 0.717) is 6.04 Å². The molecule has 0 aromatic heterocycles. The molecule has 1 aromatic carbocycles. The first kappa shape index (κ1) is 15.8. The van der Waals surface area contributed by atoms with Crippen LogP contribution in [-0.2, 0) is 0 Å². The molecule has 4 heteroatoms. The van der Waals surface area contributed by atoms with E-state index in [2.05, 4.69) is 57.9 Å². The third-order valence-electron chi connectivity index (χ3n) is 4.43. The first-order valence-corrected chi connectivity index (χ1v) is 8.32. The average Bonchev–Trinajstić information content (AvgIpc) is 2.46. The van der Waals surface area contributed by atoms with Crippen molar-refractivity contribution in [1.29, 1.82) is 0 Å². The number of hydrogen-bond acceptors (Lipinski definition) is 3. The van der Waals surface area contributed by atoms with Gasteiger partial charge in [0, 0.05) is 36.7 Å². The molecule has 3 nitrogen and oxygen atoms in total. The van der Waals surface area contributed by atoms with Crippen LogP contribution in [0.2, 0.25) is 0 Å². The standard InChI is InChI=1S/C16H26BrN3/c1-4-20-9-7-14(8-10-20)19(3)16-6-5-13(12(2)18)11-15(16)17/h5-6,11-12,14H,4,7-10,18H2,1-3H3/t12-/m0/s1. The minimum absolute atomic E-state index is 0.0819. The van der Waals surface area contributed by atoms with Gasteiger partial charge in [0.25, 0.3) is 0 Å². The first-order chi connectivity index (χ1) is 9.52. The zero-order valence-electron chi connectivity index (χ0n) is 12.8. The lowest BCUT2D eigenvalue weighted by molar-refractivity contribution is 0.221. The van der Waals surface area contributed by atoms with Gasteiger partial charge < -0.3 is 15.5 Å². The van der Waals surface area contributed by atoms with Crippen molar-refractivity contribution in [1.82, 2.24) is 4.90 Å². The molecule has 1 atom stereocenters. The Hall–Kier alpha value is -0.580. The fraction of sp³-hybridized carbons (Fsp3) is 0.625. The Kier molecular flexibility index (Phi) is 5.47. The summed E-state index contributed by atoms with van der Waals surface area (Å²) in [6.07, 6.45) is 2.48. The second kappa shape index (κ2) is 6.92. The first-order valence-electron chi connectivity index (χ1n) is 7.53. The third-order valence-corrected chi connectivity index (χ3v) is 5.06. The molecule has 0 amide bonds. The minimum Gasteiger partial charge on any atom is -0.371 e. The van der Waals surface area contributed by atoms with E-state index in [0.717, 1.165) is 4.47 Å². The third kappa shape index (κ3) is 3.54. The Balaban J connectivity index is 2.07. The Morgan fingerprint density at radius 2 is 2.05 bits per heavy atom. The van der Waals surface area contributed by atoms with E-state index >= 15 is 0 Å². The zero-order chi connectivity index (χ0) is 14.7. The molecule has 1 heterocycles. The molecule has 1 aromatic rings. The molecule has 0 radical (unpaired) electrons. The summed E-state index contributed by atoms with van der Waals surface area (Å²) in [6.45, 7) is 7.85. The van der Waals surface area contributed by atoms with Crippen LogP contribution in [-0.4, -0.2) is 37.6 Å². The summed E-state index contributed by atoms with van der Waals surface area (Å²) >= 11 is 3.70. The molecule has 1 fully saturated rings. The van der Waals surface area contributed by atoms with Gasteiger partial charge in [0.15, 0.2) is 0 Å². The van der Waals surface area contributed by atoms with E-state index in [1.54, 1.807) is 0 Å². The van der Waals surface area contributed by atoms with Crippen molar-refractivity contribution in [2.75, 3.05) is 31.6 Å². The number of hydrogen-bond donors (Lipinski definition) is 1. The Morgan fingerprint density at radius 1 is 1.40 bits per heavy atom. The molecule has 2 rings (SSSR count). The lowest BCUT2D eigenvalue weighted by Gasteiger charge is -2.38. The SMILES string of the molecule is CCN1CCC(N(C)c2ccc([C@H](C)N)cc2Br)CC1. The zero-order valence-corrected chi connectivity index (χ0v) is 14.4. The average molecular weight is 340 g/mol. The number of halogens is 1. The maximum absolute atomic E-state index is 5.94. The highest BCUT2D eigenvalue weighted by Gasteiger charge is 2.23. The molecule has 1 saturated heterocycles. The quantitative estimate of drug-likeness (QED) is 0.912. The van der Waals surface area contributed by atoms with Crippen LogP contribution in [0.5, 0.6) is 0 Å². The largest absolute Gasteiger partial charge is 0.371 e. The molecule has 112 valence electrons. The number of likely N-dealkylation sites (tertiary alicyclic amines) is 1. The molecule has 1 aliphatic rings. The second-order valence-electron chi connectivity index (χ2n) is 5.78. The lowest BCUT2D eigenvalue weighted by Crippen LogP contribution is -2.43. The van der Waals surface area contributed by atoms with Crippen molar-refractivity contribution in [3.63, 3.8) is 0 Å². The maximum Gasteiger partial charge on any atom is 0.0510 e. The number of nitrogens with zero attached hydrogens (tertiary/aromatic N) is 2. The molecule has 20 heavy (non-hydrogen) atoms. The molecule has 0 bridgehead atoms. The summed E-state index contributed by atoms with van der Waals surface area (Å²) in [5, 5.41) is 0. The van der Waals surface area contributed by atoms with Crippen LogP contribution >= 0.6 is 15.9 Å². The Morgan fingerprint density at radius 3 is 2.55 bits per heavy atom. The summed E-state index contributed by atoms with van der Waals surface area (Å²) in [4.78, 5) is 4.95. The van der Waals surface area contributed by atoms with Gasteiger partial charge in [-0.3, -0.25) is 0 Å². The van der Waals surface area contributed by atoms with Crippen LogP contribution in [0.1, 0.15) is 38.3 Å². The maximum atomic E-state index is 5.94. The van der Waals surface area contributed by atoms with E-state index in [4.69, 9.17) is 5.73 Å². The summed E-state index contributed by atoms with van der Waals surface area (Å²) in [5.74, 6) is 0. The lowest BCUT2D eigenvalue weighted by atomic mass is 10.0. The van der Waals surface area contributed by atoms with Crippen LogP contribution in [0.25, 0.3) is 0 Å². The van der Waals surface area contributed by atoms with Gasteiger partial charge in [-0.15, -0.1) is 0 Å². The number of piperidine rings is 1. The highest BCUT2D eigenvalue weighted by atomic mass is 79.9. The summed E-state index contributed by atoms with van der Waals surface area (Å²) in [6, 6.07) is 7.20. The summed E-state index contributed by atoms with van der Waals surface area (Å²) in [5.41, 5.74) is 8.39. The van der Waals surface area contributed by atoms with Gasteiger partial charge >= 0.3 is 0 Å². The number of nitrogens with two attached hydrogens (primary N) is 1. The van der Waals surface area contributed by atoms with Crippen molar-refractivity contribution >= 4 is 21.6 Å². The monoisotopic (exact) mass is 339 g/mol. The smallest absolute Gasteiger partial charge is 0.0510 e. The fourth-order valence-electron chi connectivity index (χ4n) is 2.91.